The molecule has 0 saturated heterocycles. The summed E-state index contributed by atoms with van der Waals surface area (Å²) in [5.74, 6) is 0. The molecule has 0 atom stereocenters. The predicted octanol–water partition coefficient (Wildman–Crippen LogP) is 0.0802. The van der Waals surface area contributed by atoms with Gasteiger partial charge in [0.2, 0.25) is 6.41 Å². The monoisotopic (exact) mass is 86.0 g/mol. The lowest BCUT2D eigenvalue weighted by atomic mass is 10.7. The molecule has 1 N–H and O–H groups in total. The molecular formula is C4H6NO. The summed E-state index contributed by atoms with van der Waals surface area (Å²) in [6.45, 7) is 4.77. The molecule has 1 amide bonds. The van der Waals surface area contributed by atoms with Crippen LogP contribution >= 0.6 is 0 Å². The van der Waals surface area contributed by atoms with Gasteiger partial charge in [0.25, 0.3) is 0 Å². The first-order valence-electron chi connectivity index (χ1n) is 1.55. The van der Waals surface area contributed by atoms with E-state index in [1.165, 1.54) is 12.6 Å². The van der Waals surface area contributed by atoms with E-state index in [2.05, 4.69) is 11.9 Å². The molecule has 0 aliphatic heterocycles. The van der Waals surface area contributed by atoms with Gasteiger partial charge >= 0.3 is 0 Å². The highest BCUT2D eigenvalue weighted by Crippen LogP contribution is 1.60. The first-order chi connectivity index (χ1) is 2.91. The number of carbonyl (C=O) groups excluding carboxylic acids is 1. The van der Waals surface area contributed by atoms with Crippen molar-refractivity contribution in [3.05, 3.63) is 19.2 Å². The Morgan fingerprint density at radius 1 is 1.83 bits per heavy atom. The molecule has 0 saturated carbocycles. The minimum atomic E-state index is 0.585. The fraction of sp³-hybridized carbons (Fsp3) is 0. The van der Waals surface area contributed by atoms with Gasteiger partial charge in [-0.3, -0.25) is 4.79 Å². The first-order valence-corrected chi connectivity index (χ1v) is 1.55. The number of nitrogens with one attached hydrogen (secondary N) is 1. The number of amides is 1. The van der Waals surface area contributed by atoms with Gasteiger partial charge in [-0.05, 0) is 0 Å². The largest absolute Gasteiger partial charge is 0.350 e. The van der Waals surface area contributed by atoms with Gasteiger partial charge in [0.05, 0.1) is 6.54 Å². The normalized spacial score (nSPS) is 6.67. The Hall–Kier alpha value is -0.790. The second-order valence-electron chi connectivity index (χ2n) is 0.687. The zero-order valence-corrected chi connectivity index (χ0v) is 3.35. The minimum Gasteiger partial charge on any atom is -0.350 e. The Morgan fingerprint density at radius 3 is 2.67 bits per heavy atom. The Morgan fingerprint density at radius 2 is 2.50 bits per heavy atom. The van der Waals surface area contributed by atoms with E-state index < -0.39 is 0 Å². The topological polar surface area (TPSA) is 29.1 Å². The predicted molar refractivity (Wildman–Crippen MR) is 23.7 cm³/mol. The minimum absolute atomic E-state index is 0.585. The van der Waals surface area contributed by atoms with Crippen molar-refractivity contribution in [2.24, 2.45) is 0 Å². The van der Waals surface area contributed by atoms with Crippen LogP contribution in [0.3, 0.4) is 0 Å². The van der Waals surface area contributed by atoms with E-state index in [1.54, 1.807) is 0 Å². The van der Waals surface area contributed by atoms with Gasteiger partial charge in [-0.15, -0.1) is 6.58 Å². The molecular weight excluding hydrogens is 80.0 g/mol. The van der Waals surface area contributed by atoms with Crippen molar-refractivity contribution in [1.82, 2.24) is 5.32 Å². The van der Waals surface area contributed by atoms with E-state index in [-0.39, 0.29) is 0 Å². The molecule has 2 heteroatoms. The summed E-state index contributed by atoms with van der Waals surface area (Å²) in [4.78, 5) is 9.37. The molecule has 0 rings (SSSR count). The van der Waals surface area contributed by atoms with Crippen LogP contribution in [-0.4, -0.2) is 6.41 Å². The number of hydrogen-bond donors (Lipinski definition) is 1. The molecule has 0 aliphatic rings. The summed E-state index contributed by atoms with van der Waals surface area (Å²) in [6.07, 6.45) is 2.08. The maximum atomic E-state index is 9.37. The van der Waals surface area contributed by atoms with E-state index in [1.807, 2.05) is 0 Å². The van der Waals surface area contributed by atoms with Gasteiger partial charge < -0.3 is 5.32 Å². The fourth-order valence-corrected chi connectivity index (χ4v) is 0.107. The second-order valence-corrected chi connectivity index (χ2v) is 0.687. The van der Waals surface area contributed by atoms with Crippen molar-refractivity contribution in [2.45, 2.75) is 0 Å². The Bertz CT molecular complexity index is 43.5. The highest BCUT2D eigenvalue weighted by molar-refractivity contribution is 5.47. The molecule has 0 aliphatic carbocycles. The molecule has 0 aromatic rings. The number of hydrogen-bond acceptors (Lipinski definition) is 1. The number of rotatable bonds is 3. The molecule has 0 fully saturated rings. The highest BCUT2D eigenvalue weighted by Gasteiger charge is 1.65. The average molecular weight is 86.1 g/mol. The van der Waals surface area contributed by atoms with Crippen LogP contribution < -0.4 is 5.32 Å². The molecule has 0 aromatic heterocycles. The van der Waals surface area contributed by atoms with Crippen LogP contribution in [0.25, 0.3) is 0 Å². The SMILES string of the molecule is C=C[CH]N[14CH]=O. The van der Waals surface area contributed by atoms with E-state index >= 15 is 0 Å². The molecule has 6 heavy (non-hydrogen) atoms. The van der Waals surface area contributed by atoms with E-state index in [0.29, 0.717) is 6.41 Å². The molecule has 0 bridgehead atoms. The van der Waals surface area contributed by atoms with Crippen molar-refractivity contribution in [3.8, 4) is 0 Å². The van der Waals surface area contributed by atoms with Crippen LogP contribution in [0.4, 0.5) is 0 Å². The lowest BCUT2D eigenvalue weighted by molar-refractivity contribution is -0.108. The third-order valence-electron chi connectivity index (χ3n) is 0.282. The molecule has 0 aromatic carbocycles. The molecule has 0 heterocycles. The van der Waals surface area contributed by atoms with Crippen LogP contribution in [0.2, 0.25) is 0 Å². The molecule has 2 nitrogen and oxygen atoms in total. The second kappa shape index (κ2) is 4.21. The first kappa shape index (κ1) is 5.21. The summed E-state index contributed by atoms with van der Waals surface area (Å²) in [5.41, 5.74) is 0. The quantitative estimate of drug-likeness (QED) is 0.382. The smallest absolute Gasteiger partial charge is 0.207 e. The van der Waals surface area contributed by atoms with Crippen molar-refractivity contribution < 1.29 is 4.79 Å². The lowest BCUT2D eigenvalue weighted by Gasteiger charge is -1.80. The van der Waals surface area contributed by atoms with Crippen LogP contribution in [-0.2, 0) is 4.79 Å². The van der Waals surface area contributed by atoms with E-state index in [9.17, 15) is 4.79 Å². The Kier molecular flexibility index (Phi) is 3.66. The van der Waals surface area contributed by atoms with E-state index in [0.717, 1.165) is 0 Å². The molecule has 33 valence electrons. The summed E-state index contributed by atoms with van der Waals surface area (Å²) in [7, 11) is 0. The van der Waals surface area contributed by atoms with Crippen molar-refractivity contribution in [1.29, 1.82) is 0 Å². The molecule has 0 spiro atoms. The van der Waals surface area contributed by atoms with Crippen molar-refractivity contribution in [2.75, 3.05) is 0 Å². The zero-order chi connectivity index (χ0) is 4.83. The van der Waals surface area contributed by atoms with Gasteiger partial charge in [0.15, 0.2) is 0 Å². The van der Waals surface area contributed by atoms with Crippen molar-refractivity contribution >= 4 is 6.41 Å². The highest BCUT2D eigenvalue weighted by atomic mass is 16.3. The zero-order valence-electron chi connectivity index (χ0n) is 3.35. The van der Waals surface area contributed by atoms with Gasteiger partial charge in [0, 0.05) is 0 Å². The Labute approximate surface area is 36.9 Å². The Balaban J connectivity index is 2.66. The summed E-state index contributed by atoms with van der Waals surface area (Å²) < 4.78 is 0. The van der Waals surface area contributed by atoms with Gasteiger partial charge in [-0.1, -0.05) is 6.08 Å². The summed E-state index contributed by atoms with van der Waals surface area (Å²) in [5, 5.41) is 2.27. The lowest BCUT2D eigenvalue weighted by Crippen LogP contribution is -2.02. The van der Waals surface area contributed by atoms with Gasteiger partial charge in [-0.25, -0.2) is 0 Å². The van der Waals surface area contributed by atoms with Crippen LogP contribution in [0, 0.1) is 6.54 Å². The third kappa shape index (κ3) is 3.21. The average Bonchev–Trinajstić information content (AvgIpc) is 1.61. The third-order valence-corrected chi connectivity index (χ3v) is 0.282. The van der Waals surface area contributed by atoms with Crippen LogP contribution in [0.1, 0.15) is 0 Å². The van der Waals surface area contributed by atoms with Crippen LogP contribution in [0.15, 0.2) is 12.7 Å². The van der Waals surface area contributed by atoms with Gasteiger partial charge in [0.1, 0.15) is 0 Å². The standard InChI is InChI=1S/C4H6NO/c1-2-3-5-4-6/h2-4H,1H2,(H,5,6)/i4+2. The maximum absolute atomic E-state index is 9.37. The maximum Gasteiger partial charge on any atom is 0.207 e. The fourth-order valence-electron chi connectivity index (χ4n) is 0.107. The van der Waals surface area contributed by atoms with Crippen LogP contribution in [0.5, 0.6) is 0 Å². The van der Waals surface area contributed by atoms with Crippen molar-refractivity contribution in [3.63, 3.8) is 0 Å². The molecule has 0 unspecified atom stereocenters. The number of carbonyl (C=O) groups is 1. The van der Waals surface area contributed by atoms with E-state index in [4.69, 9.17) is 0 Å². The van der Waals surface area contributed by atoms with Gasteiger partial charge in [-0.2, -0.15) is 0 Å². The summed E-state index contributed by atoms with van der Waals surface area (Å²) in [6, 6.07) is 0. The summed E-state index contributed by atoms with van der Waals surface area (Å²) >= 11 is 0. The molecule has 1 radical (unpaired) electrons.